The van der Waals surface area contributed by atoms with Gasteiger partial charge in [-0.3, -0.25) is 4.79 Å². The number of hydrogen-bond donors (Lipinski definition) is 3. The molecule has 0 atom stereocenters. The lowest BCUT2D eigenvalue weighted by molar-refractivity contribution is -0.113. The van der Waals surface area contributed by atoms with Gasteiger partial charge in [0.1, 0.15) is 28.2 Å². The lowest BCUT2D eigenvalue weighted by Crippen LogP contribution is -2.39. The van der Waals surface area contributed by atoms with Crippen molar-refractivity contribution in [1.82, 2.24) is 15.1 Å². The van der Waals surface area contributed by atoms with Crippen LogP contribution in [0.15, 0.2) is 200 Å². The summed E-state index contributed by atoms with van der Waals surface area (Å²) in [6.07, 6.45) is 2.25. The fourth-order valence-corrected chi connectivity index (χ4v) is 7.94. The Kier molecular flexibility index (Phi) is 14.1. The van der Waals surface area contributed by atoms with Crippen molar-refractivity contribution in [2.45, 2.75) is 50.5 Å². The summed E-state index contributed by atoms with van der Waals surface area (Å²) in [6.45, 7) is 5.85. The Labute approximate surface area is 375 Å². The predicted octanol–water partition coefficient (Wildman–Crippen LogP) is 10.6. The fraction of sp³-hybridized carbons (Fsp3) is 0.185. The molecule has 64 heavy (non-hydrogen) atoms. The van der Waals surface area contributed by atoms with Crippen molar-refractivity contribution in [2.75, 3.05) is 23.8 Å². The Bertz CT molecular complexity index is 2470. The first-order valence-corrected chi connectivity index (χ1v) is 21.3. The van der Waals surface area contributed by atoms with Crippen molar-refractivity contribution in [3.05, 3.63) is 233 Å². The Morgan fingerprint density at radius 3 is 1.48 bits per heavy atom. The van der Waals surface area contributed by atoms with Crippen molar-refractivity contribution in [1.29, 1.82) is 5.26 Å². The molecule has 0 bridgehead atoms. The van der Waals surface area contributed by atoms with Crippen LogP contribution in [0, 0.1) is 11.3 Å². The molecule has 3 N–H and O–H groups in total. The van der Waals surface area contributed by atoms with E-state index in [2.05, 4.69) is 88.7 Å². The molecule has 0 fully saturated rings. The number of hydrogen-bond acceptors (Lipinski definition) is 7. The average molecular weight is 849 g/mol. The van der Waals surface area contributed by atoms with Gasteiger partial charge in [0.25, 0.3) is 5.91 Å². The number of anilines is 2. The maximum atomic E-state index is 14.2. The number of allylic oxidation sites excluding steroid dienone is 1. The summed E-state index contributed by atoms with van der Waals surface area (Å²) in [5.41, 5.74) is 3.62. The van der Waals surface area contributed by atoms with E-state index in [0.29, 0.717) is 11.5 Å². The van der Waals surface area contributed by atoms with Crippen LogP contribution in [0.25, 0.3) is 0 Å². The highest BCUT2D eigenvalue weighted by Gasteiger charge is 2.40. The van der Waals surface area contributed by atoms with Gasteiger partial charge in [0, 0.05) is 18.2 Å². The zero-order valence-corrected chi connectivity index (χ0v) is 36.3. The van der Waals surface area contributed by atoms with Gasteiger partial charge in [-0.25, -0.2) is 9.48 Å². The normalized spacial score (nSPS) is 11.9. The maximum absolute atomic E-state index is 14.2. The van der Waals surface area contributed by atoms with E-state index in [4.69, 9.17) is 14.6 Å². The number of nitrogens with one attached hydrogen (secondary N) is 3. The van der Waals surface area contributed by atoms with Gasteiger partial charge in [-0.2, -0.15) is 10.4 Å². The molecule has 0 unspecified atom stereocenters. The third-order valence-electron chi connectivity index (χ3n) is 10.8. The standard InChI is InChI=1S/C54H52N6O4/c1-52(2,3)64-51(62)56-37-35-41(34-36-55)50(61)58-48-40-57-60(38-39-63-54(45-28-16-7-17-29-45,46-30-18-8-19-31-46)47-32-20-9-21-33-47)49(48)59-53(42-22-10-4-11-23-42,43-24-12-5-13-25-43)44-26-14-6-15-27-44/h4-34,40,59H,35,37-39H2,1-3H3,(H,56,62)(H,58,61). The molecular weight excluding hydrogens is 797 g/mol. The largest absolute Gasteiger partial charge is 0.444 e. The van der Waals surface area contributed by atoms with Crippen LogP contribution in [0.5, 0.6) is 0 Å². The van der Waals surface area contributed by atoms with Crippen LogP contribution in [-0.2, 0) is 32.0 Å². The molecule has 0 aliphatic heterocycles. The zero-order valence-electron chi connectivity index (χ0n) is 36.3. The summed E-state index contributed by atoms with van der Waals surface area (Å²) < 4.78 is 14.4. The molecule has 6 aromatic carbocycles. The van der Waals surface area contributed by atoms with Gasteiger partial charge in [0.05, 0.1) is 25.4 Å². The molecule has 0 aliphatic rings. The number of benzene rings is 6. The number of amides is 2. The first-order valence-electron chi connectivity index (χ1n) is 21.3. The van der Waals surface area contributed by atoms with Crippen molar-refractivity contribution < 1.29 is 19.1 Å². The minimum absolute atomic E-state index is 0.0721. The highest BCUT2D eigenvalue weighted by atomic mass is 16.6. The van der Waals surface area contributed by atoms with Crippen molar-refractivity contribution in [3.63, 3.8) is 0 Å². The topological polar surface area (TPSA) is 130 Å². The lowest BCUT2D eigenvalue weighted by atomic mass is 9.77. The van der Waals surface area contributed by atoms with Gasteiger partial charge in [-0.1, -0.05) is 182 Å². The minimum Gasteiger partial charge on any atom is -0.444 e. The van der Waals surface area contributed by atoms with E-state index in [1.807, 2.05) is 120 Å². The molecule has 0 radical (unpaired) electrons. The van der Waals surface area contributed by atoms with Gasteiger partial charge in [0.2, 0.25) is 0 Å². The first kappa shape index (κ1) is 44.3. The molecule has 7 rings (SSSR count). The van der Waals surface area contributed by atoms with Crippen molar-refractivity contribution >= 4 is 23.5 Å². The monoisotopic (exact) mass is 848 g/mol. The van der Waals surface area contributed by atoms with E-state index >= 15 is 0 Å². The van der Waals surface area contributed by atoms with Gasteiger partial charge in [0.15, 0.2) is 0 Å². The molecule has 0 saturated heterocycles. The number of ether oxygens (including phenoxy) is 2. The van der Waals surface area contributed by atoms with Crippen molar-refractivity contribution in [3.8, 4) is 6.07 Å². The van der Waals surface area contributed by atoms with E-state index in [1.165, 1.54) is 6.08 Å². The summed E-state index contributed by atoms with van der Waals surface area (Å²) in [6, 6.07) is 63.0. The molecule has 1 heterocycles. The van der Waals surface area contributed by atoms with Crippen LogP contribution in [0.2, 0.25) is 0 Å². The third kappa shape index (κ3) is 10.1. The second-order valence-corrected chi connectivity index (χ2v) is 16.2. The number of carbonyl (C=O) groups excluding carboxylic acids is 2. The molecule has 0 spiro atoms. The second-order valence-electron chi connectivity index (χ2n) is 16.2. The number of alkyl carbamates (subject to hydrolysis) is 1. The van der Waals surface area contributed by atoms with E-state index in [-0.39, 0.29) is 31.7 Å². The summed E-state index contributed by atoms with van der Waals surface area (Å²) in [5.74, 6) is -0.0196. The number of rotatable bonds is 17. The highest BCUT2D eigenvalue weighted by Crippen LogP contribution is 2.43. The molecule has 1 aromatic heterocycles. The Balaban J connectivity index is 1.31. The van der Waals surface area contributed by atoms with E-state index in [0.717, 1.165) is 33.4 Å². The number of nitriles is 1. The van der Waals surface area contributed by atoms with Gasteiger partial charge in [-0.15, -0.1) is 0 Å². The zero-order chi connectivity index (χ0) is 44.8. The molecule has 0 aliphatic carbocycles. The number of carbonyl (C=O) groups is 2. The van der Waals surface area contributed by atoms with Crippen LogP contribution in [0.3, 0.4) is 0 Å². The summed E-state index contributed by atoms with van der Waals surface area (Å²) in [4.78, 5) is 26.6. The first-order chi connectivity index (χ1) is 31.1. The minimum atomic E-state index is -0.994. The van der Waals surface area contributed by atoms with Gasteiger partial charge < -0.3 is 25.4 Å². The molecular formula is C54H52N6O4. The SMILES string of the molecule is CC(C)(C)OC(=O)NCCC(=CC#N)C(=O)Nc1cnn(CCOC(c2ccccc2)(c2ccccc2)c2ccccc2)c1NC(c1ccccc1)(c1ccccc1)c1ccccc1. The molecule has 0 saturated carbocycles. The molecule has 7 aromatic rings. The number of nitrogens with zero attached hydrogens (tertiary/aromatic N) is 3. The third-order valence-corrected chi connectivity index (χ3v) is 10.8. The van der Waals surface area contributed by atoms with Crippen molar-refractivity contribution in [2.24, 2.45) is 0 Å². The second kappa shape index (κ2) is 20.4. The van der Waals surface area contributed by atoms with Gasteiger partial charge >= 0.3 is 6.09 Å². The lowest BCUT2D eigenvalue weighted by Gasteiger charge is -2.38. The average Bonchev–Trinajstić information content (AvgIpc) is 3.69. The van der Waals surface area contributed by atoms with Crippen LogP contribution < -0.4 is 16.0 Å². The quantitative estimate of drug-likeness (QED) is 0.0472. The van der Waals surface area contributed by atoms with E-state index in [1.54, 1.807) is 27.0 Å². The van der Waals surface area contributed by atoms with Crippen LogP contribution >= 0.6 is 0 Å². The Hall–Kier alpha value is -7.74. The molecule has 10 heteroatoms. The Morgan fingerprint density at radius 1 is 0.656 bits per heavy atom. The molecule has 322 valence electrons. The molecule has 10 nitrogen and oxygen atoms in total. The fourth-order valence-electron chi connectivity index (χ4n) is 7.94. The van der Waals surface area contributed by atoms with Crippen LogP contribution in [0.4, 0.5) is 16.3 Å². The van der Waals surface area contributed by atoms with E-state index in [9.17, 15) is 14.9 Å². The maximum Gasteiger partial charge on any atom is 0.407 e. The summed E-state index contributed by atoms with van der Waals surface area (Å²) in [5, 5.41) is 24.3. The summed E-state index contributed by atoms with van der Waals surface area (Å²) in [7, 11) is 0. The van der Waals surface area contributed by atoms with Crippen LogP contribution in [-0.4, -0.2) is 40.5 Å². The van der Waals surface area contributed by atoms with E-state index < -0.39 is 28.7 Å². The number of aromatic nitrogens is 2. The van der Waals surface area contributed by atoms with Crippen LogP contribution in [0.1, 0.15) is 60.6 Å². The Morgan fingerprint density at radius 2 is 1.08 bits per heavy atom. The smallest absolute Gasteiger partial charge is 0.407 e. The summed E-state index contributed by atoms with van der Waals surface area (Å²) >= 11 is 0. The molecule has 2 amide bonds. The van der Waals surface area contributed by atoms with Gasteiger partial charge in [-0.05, 0) is 60.6 Å². The highest BCUT2D eigenvalue weighted by molar-refractivity contribution is 6.05. The predicted molar refractivity (Wildman–Crippen MR) is 251 cm³/mol.